The van der Waals surface area contributed by atoms with Crippen molar-refractivity contribution >= 4 is 23.3 Å². The number of nitro groups is 1. The molecule has 1 atom stereocenters. The van der Waals surface area contributed by atoms with E-state index >= 15 is 0 Å². The fourth-order valence-electron chi connectivity index (χ4n) is 2.16. The Bertz CT molecular complexity index is 735. The number of hydrogen-bond donors (Lipinski definition) is 2. The van der Waals surface area contributed by atoms with Crippen LogP contribution in [0.3, 0.4) is 0 Å². The normalized spacial score (nSPS) is 15.0. The highest BCUT2D eigenvalue weighted by molar-refractivity contribution is 5.83. The third kappa shape index (κ3) is 6.12. The molecule has 0 spiro atoms. The number of esters is 1. The lowest BCUT2D eigenvalue weighted by molar-refractivity contribution is -0.384. The van der Waals surface area contributed by atoms with E-state index in [0.717, 1.165) is 18.9 Å². The van der Waals surface area contributed by atoms with Gasteiger partial charge >= 0.3 is 12.1 Å². The number of nitro benzene ring substituents is 1. The van der Waals surface area contributed by atoms with E-state index in [0.29, 0.717) is 12.1 Å². The Morgan fingerprint density at radius 3 is 2.59 bits per heavy atom. The third-order valence-electron chi connectivity index (χ3n) is 3.77. The van der Waals surface area contributed by atoms with Gasteiger partial charge in [0.15, 0.2) is 6.10 Å². The lowest BCUT2D eigenvalue weighted by Crippen LogP contribution is -2.37. The van der Waals surface area contributed by atoms with Gasteiger partial charge in [0.25, 0.3) is 11.6 Å². The van der Waals surface area contributed by atoms with Crippen LogP contribution in [0.4, 0.5) is 24.5 Å². The van der Waals surface area contributed by atoms with Crippen molar-refractivity contribution in [3.05, 3.63) is 33.9 Å². The topological polar surface area (TPSA) is 111 Å². The van der Waals surface area contributed by atoms with Gasteiger partial charge < -0.3 is 15.4 Å². The molecule has 1 aromatic carbocycles. The molecule has 27 heavy (non-hydrogen) atoms. The van der Waals surface area contributed by atoms with E-state index in [2.05, 4.69) is 10.6 Å². The summed E-state index contributed by atoms with van der Waals surface area (Å²) in [5.41, 5.74) is -2.05. The number of nitrogens with one attached hydrogen (secondary N) is 2. The summed E-state index contributed by atoms with van der Waals surface area (Å²) in [6, 6.07) is 2.18. The van der Waals surface area contributed by atoms with E-state index in [4.69, 9.17) is 4.74 Å². The molecule has 2 rings (SSSR count). The maximum absolute atomic E-state index is 12.7. The Kier molecular flexibility index (Phi) is 6.24. The summed E-state index contributed by atoms with van der Waals surface area (Å²) in [5.74, 6) is -1.12. The molecule has 0 heterocycles. The Balaban J connectivity index is 1.87. The predicted octanol–water partition coefficient (Wildman–Crippen LogP) is 2.63. The summed E-state index contributed by atoms with van der Waals surface area (Å²) >= 11 is 0. The van der Waals surface area contributed by atoms with Crippen LogP contribution in [0.5, 0.6) is 0 Å². The van der Waals surface area contributed by atoms with Gasteiger partial charge in [0.2, 0.25) is 0 Å². The average Bonchev–Trinajstić information content (AvgIpc) is 3.37. The molecule has 1 aromatic rings. The summed E-state index contributed by atoms with van der Waals surface area (Å²) in [6.07, 6.45) is -4.12. The molecule has 0 saturated heterocycles. The van der Waals surface area contributed by atoms with Crippen LogP contribution in [-0.4, -0.2) is 35.5 Å². The molecule has 11 heteroatoms. The lowest BCUT2D eigenvalue weighted by atomic mass is 10.1. The molecule has 1 saturated carbocycles. The van der Waals surface area contributed by atoms with Gasteiger partial charge in [0.1, 0.15) is 5.69 Å². The van der Waals surface area contributed by atoms with Crippen molar-refractivity contribution in [1.82, 2.24) is 5.32 Å². The monoisotopic (exact) mass is 389 g/mol. The van der Waals surface area contributed by atoms with Gasteiger partial charge in [0.05, 0.1) is 16.9 Å². The third-order valence-corrected chi connectivity index (χ3v) is 3.77. The van der Waals surface area contributed by atoms with E-state index < -0.39 is 40.3 Å². The number of amides is 1. The standard InChI is InChI=1S/C16H18F3N3O5/c1-9(15(24)21-11-3-4-11)27-14(23)6-7-20-12-5-2-10(16(17,18)19)8-13(12)22(25)26/h2,5,8-9,11,20H,3-4,6-7H2,1H3,(H,21,24)/t9-/m1/s1. The quantitative estimate of drug-likeness (QED) is 0.402. The summed E-state index contributed by atoms with van der Waals surface area (Å²) in [6.45, 7) is 1.31. The van der Waals surface area contributed by atoms with Crippen molar-refractivity contribution in [1.29, 1.82) is 0 Å². The van der Waals surface area contributed by atoms with Crippen LogP contribution in [-0.2, 0) is 20.5 Å². The van der Waals surface area contributed by atoms with Crippen molar-refractivity contribution in [2.75, 3.05) is 11.9 Å². The van der Waals surface area contributed by atoms with E-state index in [1.54, 1.807) is 0 Å². The molecule has 8 nitrogen and oxygen atoms in total. The Labute approximate surface area is 152 Å². The number of ether oxygens (including phenoxy) is 1. The zero-order chi connectivity index (χ0) is 20.2. The second-order valence-electron chi connectivity index (χ2n) is 6.08. The highest BCUT2D eigenvalue weighted by atomic mass is 19.4. The van der Waals surface area contributed by atoms with Crippen LogP contribution in [0.2, 0.25) is 0 Å². The number of hydrogen-bond acceptors (Lipinski definition) is 6. The van der Waals surface area contributed by atoms with Crippen LogP contribution < -0.4 is 10.6 Å². The number of alkyl halides is 3. The second-order valence-corrected chi connectivity index (χ2v) is 6.08. The molecule has 1 aliphatic carbocycles. The fourth-order valence-corrected chi connectivity index (χ4v) is 2.16. The number of nitrogens with zero attached hydrogens (tertiary/aromatic N) is 1. The zero-order valence-electron chi connectivity index (χ0n) is 14.3. The van der Waals surface area contributed by atoms with Gasteiger partial charge in [0, 0.05) is 18.7 Å². The van der Waals surface area contributed by atoms with Crippen molar-refractivity contribution < 1.29 is 32.4 Å². The summed E-state index contributed by atoms with van der Waals surface area (Å²) in [5, 5.41) is 16.2. The van der Waals surface area contributed by atoms with E-state index in [-0.39, 0.29) is 24.7 Å². The molecule has 1 aliphatic rings. The predicted molar refractivity (Wildman–Crippen MR) is 87.9 cm³/mol. The highest BCUT2D eigenvalue weighted by Crippen LogP contribution is 2.34. The van der Waals surface area contributed by atoms with Crippen LogP contribution in [0.1, 0.15) is 31.7 Å². The molecule has 0 unspecified atom stereocenters. The van der Waals surface area contributed by atoms with Gasteiger partial charge in [-0.1, -0.05) is 0 Å². The summed E-state index contributed by atoms with van der Waals surface area (Å²) < 4.78 is 42.9. The SMILES string of the molecule is C[C@@H](OC(=O)CCNc1ccc(C(F)(F)F)cc1[N+](=O)[O-])C(=O)NC1CC1. The number of anilines is 1. The van der Waals surface area contributed by atoms with Gasteiger partial charge in [-0.2, -0.15) is 13.2 Å². The summed E-state index contributed by atoms with van der Waals surface area (Å²) in [4.78, 5) is 33.4. The van der Waals surface area contributed by atoms with Crippen LogP contribution >= 0.6 is 0 Å². The molecular formula is C16H18F3N3O5. The molecular weight excluding hydrogens is 371 g/mol. The maximum Gasteiger partial charge on any atom is 0.416 e. The van der Waals surface area contributed by atoms with Crippen molar-refractivity contribution in [2.24, 2.45) is 0 Å². The molecule has 2 N–H and O–H groups in total. The number of carbonyl (C=O) groups is 2. The van der Waals surface area contributed by atoms with Crippen LogP contribution in [0.15, 0.2) is 18.2 Å². The van der Waals surface area contributed by atoms with Gasteiger partial charge in [-0.15, -0.1) is 0 Å². The van der Waals surface area contributed by atoms with E-state index in [9.17, 15) is 32.9 Å². The maximum atomic E-state index is 12.7. The molecule has 1 amide bonds. The van der Waals surface area contributed by atoms with Crippen LogP contribution in [0, 0.1) is 10.1 Å². The summed E-state index contributed by atoms with van der Waals surface area (Å²) in [7, 11) is 0. The molecule has 0 radical (unpaired) electrons. The Hall–Kier alpha value is -2.85. The highest BCUT2D eigenvalue weighted by Gasteiger charge is 2.33. The minimum atomic E-state index is -4.70. The minimum absolute atomic E-state index is 0.109. The molecule has 0 aromatic heterocycles. The number of halogens is 3. The molecule has 0 bridgehead atoms. The van der Waals surface area contributed by atoms with Gasteiger partial charge in [-0.25, -0.2) is 0 Å². The smallest absolute Gasteiger partial charge is 0.416 e. The molecule has 1 fully saturated rings. The number of carbonyl (C=O) groups excluding carboxylic acids is 2. The van der Waals surface area contributed by atoms with Gasteiger partial charge in [-0.3, -0.25) is 19.7 Å². The van der Waals surface area contributed by atoms with Crippen molar-refractivity contribution in [3.8, 4) is 0 Å². The van der Waals surface area contributed by atoms with Crippen molar-refractivity contribution in [3.63, 3.8) is 0 Å². The van der Waals surface area contributed by atoms with Crippen LogP contribution in [0.25, 0.3) is 0 Å². The molecule has 0 aliphatic heterocycles. The number of benzene rings is 1. The largest absolute Gasteiger partial charge is 0.452 e. The Morgan fingerprint density at radius 1 is 1.37 bits per heavy atom. The first-order chi connectivity index (χ1) is 12.6. The average molecular weight is 389 g/mol. The van der Waals surface area contributed by atoms with E-state index in [1.165, 1.54) is 6.92 Å². The first kappa shape index (κ1) is 20.5. The molecule has 148 valence electrons. The first-order valence-electron chi connectivity index (χ1n) is 8.17. The van der Waals surface area contributed by atoms with Crippen molar-refractivity contribution in [2.45, 2.75) is 44.5 Å². The fraction of sp³-hybridized carbons (Fsp3) is 0.500. The minimum Gasteiger partial charge on any atom is -0.452 e. The Morgan fingerprint density at radius 2 is 2.04 bits per heavy atom. The lowest BCUT2D eigenvalue weighted by Gasteiger charge is -2.14. The first-order valence-corrected chi connectivity index (χ1v) is 8.17. The zero-order valence-corrected chi connectivity index (χ0v) is 14.3. The number of rotatable bonds is 8. The van der Waals surface area contributed by atoms with Gasteiger partial charge in [-0.05, 0) is 31.9 Å². The van der Waals surface area contributed by atoms with E-state index in [1.807, 2.05) is 0 Å². The second kappa shape index (κ2) is 8.23.